The van der Waals surface area contributed by atoms with Gasteiger partial charge in [-0.05, 0) is 128 Å². The van der Waals surface area contributed by atoms with Crippen LogP contribution in [0.5, 0.6) is 5.75 Å². The summed E-state index contributed by atoms with van der Waals surface area (Å²) in [4.78, 5) is 20.3. The van der Waals surface area contributed by atoms with Crippen LogP contribution in [0, 0.1) is 27.7 Å². The molecule has 0 fully saturated rings. The topological polar surface area (TPSA) is 49.7 Å². The number of aryl methyl sites for hydroxylation is 4. The quantitative estimate of drug-likeness (QED) is 0.193. The van der Waals surface area contributed by atoms with Gasteiger partial charge in [0.2, 0.25) is 0 Å². The minimum Gasteiger partial charge on any atom is -0.426 e. The maximum Gasteiger partial charge on any atom is 0.391 e. The van der Waals surface area contributed by atoms with Crippen molar-refractivity contribution in [2.24, 2.45) is 0 Å². The van der Waals surface area contributed by atoms with Gasteiger partial charge in [0.25, 0.3) is 0 Å². The molecule has 4 rings (SSSR count). The van der Waals surface area contributed by atoms with Crippen molar-refractivity contribution in [1.82, 2.24) is 0 Å². The molecule has 0 unspecified atom stereocenters. The number of hydrogen-bond acceptors (Lipinski definition) is 3. The zero-order chi connectivity index (χ0) is 30.2. The number of rotatable bonds is 4. The molecule has 0 saturated carbocycles. The summed E-state index contributed by atoms with van der Waals surface area (Å²) in [5, 5.41) is 7.69. The van der Waals surface area contributed by atoms with Gasteiger partial charge in [-0.15, -0.1) is 0 Å². The van der Waals surface area contributed by atoms with Gasteiger partial charge in [-0.25, -0.2) is 0 Å². The predicted molar refractivity (Wildman–Crippen MR) is 175 cm³/mol. The van der Waals surface area contributed by atoms with Gasteiger partial charge in [-0.2, -0.15) is 0 Å². The molecule has 0 spiro atoms. The van der Waals surface area contributed by atoms with E-state index in [1.807, 2.05) is 0 Å². The van der Waals surface area contributed by atoms with E-state index in [2.05, 4.69) is 115 Å². The summed E-state index contributed by atoms with van der Waals surface area (Å²) in [6.45, 7) is 31.6. The Bertz CT molecular complexity index is 1640. The van der Waals surface area contributed by atoms with E-state index in [9.17, 15) is 9.79 Å². The van der Waals surface area contributed by atoms with E-state index in [-0.39, 0.29) is 22.7 Å². The molecule has 0 atom stereocenters. The molecule has 0 bridgehead atoms. The summed E-state index contributed by atoms with van der Waals surface area (Å²) in [6.07, 6.45) is 0. The molecule has 0 aliphatic carbocycles. The van der Waals surface area contributed by atoms with Crippen LogP contribution in [-0.2, 0) is 10.8 Å². The first-order chi connectivity index (χ1) is 18.3. The molecule has 2 N–H and O–H groups in total. The second-order valence-corrected chi connectivity index (χ2v) is 15.2. The highest BCUT2D eigenvalue weighted by Gasteiger charge is 2.31. The van der Waals surface area contributed by atoms with E-state index < -0.39 is 8.60 Å². The zero-order valence-corrected chi connectivity index (χ0v) is 28.0. The maximum atomic E-state index is 10.2. The molecule has 0 amide bonds. The molecule has 4 heteroatoms. The highest BCUT2D eigenvalue weighted by atomic mass is 31.2. The highest BCUT2D eigenvalue weighted by Crippen LogP contribution is 2.53. The van der Waals surface area contributed by atoms with Gasteiger partial charge in [-0.1, -0.05) is 81.4 Å². The first-order valence-corrected chi connectivity index (χ1v) is 15.8. The van der Waals surface area contributed by atoms with Crippen LogP contribution in [0.2, 0.25) is 0 Å². The molecule has 0 radical (unpaired) electrons. The molecule has 0 heterocycles. The lowest BCUT2D eigenvalue weighted by molar-refractivity contribution is 0.370. The van der Waals surface area contributed by atoms with Gasteiger partial charge >= 0.3 is 8.60 Å². The second-order valence-electron chi connectivity index (χ2n) is 14.5. The van der Waals surface area contributed by atoms with Crippen LogP contribution in [0.1, 0.15) is 126 Å². The highest BCUT2D eigenvalue weighted by molar-refractivity contribution is 7.39. The maximum absolute atomic E-state index is 10.2. The molecule has 0 aliphatic rings. The van der Waals surface area contributed by atoms with Crippen molar-refractivity contribution >= 4 is 40.9 Å². The van der Waals surface area contributed by atoms with Crippen LogP contribution in [-0.4, -0.2) is 9.79 Å². The van der Waals surface area contributed by atoms with Crippen molar-refractivity contribution in [3.05, 3.63) is 62.7 Å². The molecule has 216 valence electrons. The first kappa shape index (κ1) is 30.8. The van der Waals surface area contributed by atoms with E-state index >= 15 is 0 Å². The van der Waals surface area contributed by atoms with Crippen LogP contribution < -0.4 is 4.52 Å². The molecular formula is C36H49O3P. The van der Waals surface area contributed by atoms with Gasteiger partial charge in [-0.3, -0.25) is 0 Å². The van der Waals surface area contributed by atoms with E-state index in [1.165, 1.54) is 65.7 Å². The summed E-state index contributed by atoms with van der Waals surface area (Å²) in [6, 6.07) is 7.08. The third-order valence-electron chi connectivity index (χ3n) is 8.80. The third kappa shape index (κ3) is 4.93. The zero-order valence-electron chi connectivity index (χ0n) is 27.1. The van der Waals surface area contributed by atoms with E-state index in [0.717, 1.165) is 11.1 Å². The lowest BCUT2D eigenvalue weighted by Crippen LogP contribution is -2.16. The van der Waals surface area contributed by atoms with Crippen LogP contribution >= 0.6 is 8.60 Å². The lowest BCUT2D eigenvalue weighted by atomic mass is 9.73. The van der Waals surface area contributed by atoms with Gasteiger partial charge in [0, 0.05) is 5.56 Å². The molecule has 4 aromatic rings. The molecule has 3 nitrogen and oxygen atoms in total. The normalized spacial score (nSPS) is 13.2. The van der Waals surface area contributed by atoms with E-state index in [4.69, 9.17) is 4.52 Å². The van der Waals surface area contributed by atoms with Crippen molar-refractivity contribution in [2.45, 2.75) is 120 Å². The van der Waals surface area contributed by atoms with Crippen LogP contribution in [0.25, 0.3) is 32.3 Å². The standard InChI is InChI=1S/C36H49O3P/c1-18(2)24-17-25-31-26(35(9,10)11)15-20(5)22(7)29(31)30-23(8)21(6)16-27(36(12,13)14)33(30)32(25)28(19(3)4)34(24)39-40(37)38/h15-19,37-38H,1-14H3. The van der Waals surface area contributed by atoms with Gasteiger partial charge in [0.15, 0.2) is 0 Å². The van der Waals surface area contributed by atoms with Crippen molar-refractivity contribution in [3.8, 4) is 5.75 Å². The number of benzene rings is 4. The molecular weight excluding hydrogens is 511 g/mol. The van der Waals surface area contributed by atoms with Crippen molar-refractivity contribution in [3.63, 3.8) is 0 Å². The first-order valence-electron chi connectivity index (χ1n) is 14.7. The Morgan fingerprint density at radius 1 is 0.625 bits per heavy atom. The summed E-state index contributed by atoms with van der Waals surface area (Å²) in [5.74, 6) is 0.878. The van der Waals surface area contributed by atoms with Gasteiger partial charge in [0.05, 0.1) is 0 Å². The van der Waals surface area contributed by atoms with Crippen LogP contribution in [0.3, 0.4) is 0 Å². The Labute approximate surface area is 243 Å². The predicted octanol–water partition coefficient (Wildman–Crippen LogP) is 10.8. The molecule has 0 saturated heterocycles. The minimum atomic E-state index is -2.57. The smallest absolute Gasteiger partial charge is 0.391 e. The van der Waals surface area contributed by atoms with Gasteiger partial charge in [0.1, 0.15) is 5.75 Å². The summed E-state index contributed by atoms with van der Waals surface area (Å²) >= 11 is 0. The van der Waals surface area contributed by atoms with E-state index in [1.54, 1.807) is 0 Å². The molecule has 0 aliphatic heterocycles. The molecule has 40 heavy (non-hydrogen) atoms. The van der Waals surface area contributed by atoms with Crippen LogP contribution in [0.15, 0.2) is 18.2 Å². The monoisotopic (exact) mass is 560 g/mol. The van der Waals surface area contributed by atoms with E-state index in [0.29, 0.717) is 5.75 Å². The Hall–Kier alpha value is -2.19. The van der Waals surface area contributed by atoms with Gasteiger partial charge < -0.3 is 14.3 Å². The molecule has 4 aromatic carbocycles. The second kappa shape index (κ2) is 10.3. The fraction of sp³-hybridized carbons (Fsp3) is 0.500. The minimum absolute atomic E-state index is 0.0718. The third-order valence-corrected chi connectivity index (χ3v) is 9.14. The fourth-order valence-electron chi connectivity index (χ4n) is 6.52. The average Bonchev–Trinajstić information content (AvgIpc) is 2.80. The summed E-state index contributed by atoms with van der Waals surface area (Å²) in [7, 11) is -2.57. The van der Waals surface area contributed by atoms with Crippen LogP contribution in [0.4, 0.5) is 0 Å². The number of hydrogen-bond donors (Lipinski definition) is 2. The fourth-order valence-corrected chi connectivity index (χ4v) is 6.88. The van der Waals surface area contributed by atoms with Crippen molar-refractivity contribution < 1.29 is 14.3 Å². The Morgan fingerprint density at radius 3 is 1.48 bits per heavy atom. The largest absolute Gasteiger partial charge is 0.426 e. The molecule has 0 aromatic heterocycles. The SMILES string of the molecule is Cc1cc(C(C)(C)C)c2c3cc(C(C)C)c(OP(O)O)c(C(C)C)c3c3c(C(C)(C)C)cc(C)c(C)c3c2c1C. The van der Waals surface area contributed by atoms with Crippen molar-refractivity contribution in [2.75, 3.05) is 0 Å². The average molecular weight is 561 g/mol. The Kier molecular flexibility index (Phi) is 7.89. The lowest BCUT2D eigenvalue weighted by Gasteiger charge is -2.32. The Balaban J connectivity index is 2.63. The summed E-state index contributed by atoms with van der Waals surface area (Å²) in [5.41, 5.74) is 9.82. The summed E-state index contributed by atoms with van der Waals surface area (Å²) < 4.78 is 5.96. The number of fused-ring (bicyclic) bond motifs is 6. The Morgan fingerprint density at radius 2 is 1.07 bits per heavy atom. The van der Waals surface area contributed by atoms with Crippen molar-refractivity contribution in [1.29, 1.82) is 0 Å².